The summed E-state index contributed by atoms with van der Waals surface area (Å²) in [5, 5.41) is 0. The number of sulfone groups is 1. The molecule has 1 fully saturated rings. The van der Waals surface area contributed by atoms with Gasteiger partial charge in [0.1, 0.15) is 35.2 Å². The van der Waals surface area contributed by atoms with Crippen LogP contribution >= 0.6 is 0 Å². The van der Waals surface area contributed by atoms with Crippen molar-refractivity contribution in [3.8, 4) is 11.5 Å². The van der Waals surface area contributed by atoms with Gasteiger partial charge < -0.3 is 14.2 Å². The Kier molecular flexibility index (Phi) is 5.30. The molecule has 150 valence electrons. The first kappa shape index (κ1) is 19.5. The summed E-state index contributed by atoms with van der Waals surface area (Å²) in [5.41, 5.74) is 0.745. The van der Waals surface area contributed by atoms with E-state index in [4.69, 9.17) is 14.2 Å². The van der Waals surface area contributed by atoms with Crippen LogP contribution in [0.4, 0.5) is 0 Å². The molecule has 0 saturated carbocycles. The molecule has 0 amide bonds. The molecule has 1 atom stereocenters. The summed E-state index contributed by atoms with van der Waals surface area (Å²) in [6, 6.07) is 22.7. The van der Waals surface area contributed by atoms with E-state index in [0.717, 1.165) is 5.56 Å². The minimum absolute atomic E-state index is 0.142. The van der Waals surface area contributed by atoms with Crippen LogP contribution in [0.15, 0.2) is 88.7 Å². The Morgan fingerprint density at radius 2 is 1.55 bits per heavy atom. The molecule has 3 aromatic rings. The second-order valence-electron chi connectivity index (χ2n) is 7.22. The summed E-state index contributed by atoms with van der Waals surface area (Å²) in [5.74, 6) is 0.935. The summed E-state index contributed by atoms with van der Waals surface area (Å²) in [7, 11) is -3.73. The average Bonchev–Trinajstić information content (AvgIpc) is 3.49. The summed E-state index contributed by atoms with van der Waals surface area (Å²) < 4.78 is 43.1. The number of hydrogen-bond acceptors (Lipinski definition) is 5. The number of epoxide rings is 1. The SMILES string of the molecule is CC1(COc2ccc(S(=O)(=O)c3ccccc3OCc3ccccc3)cc2)CO1. The molecule has 3 aromatic carbocycles. The lowest BCUT2D eigenvalue weighted by Gasteiger charge is -2.13. The number of rotatable bonds is 8. The Labute approximate surface area is 170 Å². The molecule has 0 bridgehead atoms. The lowest BCUT2D eigenvalue weighted by molar-refractivity contribution is 0.202. The Hall–Kier alpha value is -2.83. The van der Waals surface area contributed by atoms with Gasteiger partial charge >= 0.3 is 0 Å². The van der Waals surface area contributed by atoms with Gasteiger partial charge in [0.15, 0.2) is 0 Å². The van der Waals surface area contributed by atoms with E-state index in [1.165, 1.54) is 0 Å². The van der Waals surface area contributed by atoms with Gasteiger partial charge in [-0.1, -0.05) is 42.5 Å². The first-order valence-corrected chi connectivity index (χ1v) is 10.8. The summed E-state index contributed by atoms with van der Waals surface area (Å²) in [6.07, 6.45) is 0. The topological polar surface area (TPSA) is 65.1 Å². The third-order valence-electron chi connectivity index (χ3n) is 4.69. The van der Waals surface area contributed by atoms with Gasteiger partial charge in [0, 0.05) is 0 Å². The molecule has 4 rings (SSSR count). The van der Waals surface area contributed by atoms with Crippen molar-refractivity contribution in [3.63, 3.8) is 0 Å². The van der Waals surface area contributed by atoms with Crippen molar-refractivity contribution in [1.29, 1.82) is 0 Å². The lowest BCUT2D eigenvalue weighted by Crippen LogP contribution is -2.16. The Morgan fingerprint density at radius 1 is 0.897 bits per heavy atom. The van der Waals surface area contributed by atoms with Crippen molar-refractivity contribution >= 4 is 9.84 Å². The highest BCUT2D eigenvalue weighted by atomic mass is 32.2. The fraction of sp³-hybridized carbons (Fsp3) is 0.217. The number of benzene rings is 3. The third kappa shape index (κ3) is 4.60. The predicted octanol–water partition coefficient (Wildman–Crippen LogP) is 4.27. The standard InChI is InChI=1S/C23H22O5S/c1-23(17-28-23)16-27-19-11-13-20(14-12-19)29(24,25)22-10-6-5-9-21(22)26-15-18-7-3-2-4-8-18/h2-14H,15-17H2,1H3. The van der Waals surface area contributed by atoms with Gasteiger partial charge in [-0.05, 0) is 48.9 Å². The van der Waals surface area contributed by atoms with Gasteiger partial charge in [-0.2, -0.15) is 0 Å². The van der Waals surface area contributed by atoms with Crippen molar-refractivity contribution in [2.45, 2.75) is 28.9 Å². The van der Waals surface area contributed by atoms with Crippen LogP contribution in [-0.2, 0) is 21.2 Å². The first-order valence-electron chi connectivity index (χ1n) is 9.34. The highest BCUT2D eigenvalue weighted by Crippen LogP contribution is 2.31. The van der Waals surface area contributed by atoms with E-state index < -0.39 is 9.84 Å². The van der Waals surface area contributed by atoms with Gasteiger partial charge in [0.05, 0.1) is 11.5 Å². The molecule has 6 heteroatoms. The van der Waals surface area contributed by atoms with Crippen LogP contribution in [-0.4, -0.2) is 27.2 Å². The highest BCUT2D eigenvalue weighted by molar-refractivity contribution is 7.91. The maximum Gasteiger partial charge on any atom is 0.210 e. The van der Waals surface area contributed by atoms with E-state index in [0.29, 0.717) is 31.3 Å². The fourth-order valence-electron chi connectivity index (χ4n) is 2.81. The molecule has 1 aliphatic rings. The van der Waals surface area contributed by atoms with Crippen molar-refractivity contribution in [1.82, 2.24) is 0 Å². The number of para-hydroxylation sites is 1. The fourth-order valence-corrected chi connectivity index (χ4v) is 4.21. The second-order valence-corrected chi connectivity index (χ2v) is 9.14. The Balaban J connectivity index is 1.52. The predicted molar refractivity (Wildman–Crippen MR) is 109 cm³/mol. The summed E-state index contributed by atoms with van der Waals surface area (Å²) in [6.45, 7) is 3.38. The van der Waals surface area contributed by atoms with E-state index in [9.17, 15) is 8.42 Å². The van der Waals surface area contributed by atoms with E-state index in [-0.39, 0.29) is 15.4 Å². The molecular weight excluding hydrogens is 388 g/mol. The molecule has 0 N–H and O–H groups in total. The molecule has 1 aliphatic heterocycles. The van der Waals surface area contributed by atoms with Crippen LogP contribution in [0.1, 0.15) is 12.5 Å². The maximum absolute atomic E-state index is 13.2. The zero-order chi connectivity index (χ0) is 20.3. The zero-order valence-electron chi connectivity index (χ0n) is 16.1. The van der Waals surface area contributed by atoms with Crippen molar-refractivity contribution in [3.05, 3.63) is 84.4 Å². The van der Waals surface area contributed by atoms with E-state index in [2.05, 4.69) is 0 Å². The quantitative estimate of drug-likeness (QED) is 0.519. The Bertz CT molecular complexity index is 1070. The van der Waals surface area contributed by atoms with Gasteiger partial charge in [-0.25, -0.2) is 8.42 Å². The number of hydrogen-bond donors (Lipinski definition) is 0. The van der Waals surface area contributed by atoms with Crippen LogP contribution < -0.4 is 9.47 Å². The molecule has 0 aromatic heterocycles. The third-order valence-corrected chi connectivity index (χ3v) is 6.50. The van der Waals surface area contributed by atoms with Crippen LogP contribution in [0.2, 0.25) is 0 Å². The lowest BCUT2D eigenvalue weighted by atomic mass is 10.2. The Morgan fingerprint density at radius 3 is 2.24 bits per heavy atom. The molecule has 0 aliphatic carbocycles. The van der Waals surface area contributed by atoms with Crippen LogP contribution in [0, 0.1) is 0 Å². The van der Waals surface area contributed by atoms with Crippen molar-refractivity contribution in [2.75, 3.05) is 13.2 Å². The van der Waals surface area contributed by atoms with Crippen LogP contribution in [0.5, 0.6) is 11.5 Å². The van der Waals surface area contributed by atoms with Crippen LogP contribution in [0.3, 0.4) is 0 Å². The molecule has 1 heterocycles. The molecule has 0 radical (unpaired) electrons. The van der Waals surface area contributed by atoms with Crippen molar-refractivity contribution in [2.24, 2.45) is 0 Å². The number of ether oxygens (including phenoxy) is 3. The largest absolute Gasteiger partial charge is 0.491 e. The monoisotopic (exact) mass is 410 g/mol. The molecule has 1 saturated heterocycles. The van der Waals surface area contributed by atoms with Crippen molar-refractivity contribution < 1.29 is 22.6 Å². The molecule has 29 heavy (non-hydrogen) atoms. The minimum atomic E-state index is -3.73. The second kappa shape index (κ2) is 7.89. The van der Waals surface area contributed by atoms with E-state index in [1.807, 2.05) is 37.3 Å². The highest BCUT2D eigenvalue weighted by Gasteiger charge is 2.40. The molecule has 0 spiro atoms. The summed E-state index contributed by atoms with van der Waals surface area (Å²) >= 11 is 0. The van der Waals surface area contributed by atoms with Gasteiger partial charge in [-0.3, -0.25) is 0 Å². The van der Waals surface area contributed by atoms with Gasteiger partial charge in [0.2, 0.25) is 9.84 Å². The minimum Gasteiger partial charge on any atom is -0.491 e. The van der Waals surface area contributed by atoms with E-state index >= 15 is 0 Å². The van der Waals surface area contributed by atoms with Crippen LogP contribution in [0.25, 0.3) is 0 Å². The summed E-state index contributed by atoms with van der Waals surface area (Å²) in [4.78, 5) is 0.331. The molecular formula is C23H22O5S. The smallest absolute Gasteiger partial charge is 0.210 e. The maximum atomic E-state index is 13.2. The zero-order valence-corrected chi connectivity index (χ0v) is 16.9. The first-order chi connectivity index (χ1) is 14.0. The normalized spacial score (nSPS) is 18.2. The molecule has 5 nitrogen and oxygen atoms in total. The van der Waals surface area contributed by atoms with Gasteiger partial charge in [0.25, 0.3) is 0 Å². The average molecular weight is 410 g/mol. The van der Waals surface area contributed by atoms with E-state index in [1.54, 1.807) is 48.5 Å². The molecule has 1 unspecified atom stereocenters. The van der Waals surface area contributed by atoms with Gasteiger partial charge in [-0.15, -0.1) is 0 Å².